The van der Waals surface area contributed by atoms with Crippen molar-refractivity contribution in [3.8, 4) is 10.7 Å². The number of hydrogen-bond donors (Lipinski definition) is 0. The first-order valence-corrected chi connectivity index (χ1v) is 11.1. The molecule has 1 aliphatic rings. The molecule has 9 nitrogen and oxygen atoms in total. The fraction of sp³-hybridized carbons (Fsp3) is 0.381. The van der Waals surface area contributed by atoms with Gasteiger partial charge < -0.3 is 9.42 Å². The maximum Gasteiger partial charge on any atom is 0.254 e. The molecule has 1 aliphatic heterocycles. The van der Waals surface area contributed by atoms with Crippen LogP contribution in [0.3, 0.4) is 0 Å². The van der Waals surface area contributed by atoms with Gasteiger partial charge in [-0.1, -0.05) is 11.2 Å². The Morgan fingerprint density at radius 3 is 2.74 bits per heavy atom. The van der Waals surface area contributed by atoms with Crippen molar-refractivity contribution in [2.45, 2.75) is 20.4 Å². The summed E-state index contributed by atoms with van der Waals surface area (Å²) in [7, 11) is 1.86. The van der Waals surface area contributed by atoms with Gasteiger partial charge in [-0.3, -0.25) is 14.4 Å². The van der Waals surface area contributed by atoms with Crippen LogP contribution in [0.15, 0.2) is 28.1 Å². The molecule has 31 heavy (non-hydrogen) atoms. The van der Waals surface area contributed by atoms with Gasteiger partial charge in [0.15, 0.2) is 5.65 Å². The summed E-state index contributed by atoms with van der Waals surface area (Å²) in [5.41, 5.74) is 3.07. The minimum absolute atomic E-state index is 0.0315. The molecule has 1 amide bonds. The first-order chi connectivity index (χ1) is 15.0. The zero-order chi connectivity index (χ0) is 21.5. The number of amides is 1. The fourth-order valence-corrected chi connectivity index (χ4v) is 4.68. The molecule has 5 heterocycles. The number of aromatic nitrogens is 5. The van der Waals surface area contributed by atoms with Crippen molar-refractivity contribution in [3.05, 3.63) is 46.4 Å². The summed E-state index contributed by atoms with van der Waals surface area (Å²) in [6, 6.07) is 5.82. The predicted molar refractivity (Wildman–Crippen MR) is 117 cm³/mol. The molecule has 0 spiro atoms. The molecule has 1 saturated heterocycles. The Morgan fingerprint density at radius 2 is 2.00 bits per heavy atom. The van der Waals surface area contributed by atoms with E-state index in [1.54, 1.807) is 16.0 Å². The molecular weight excluding hydrogens is 414 g/mol. The SMILES string of the molecule is Cc1cc(C(=O)N2CCN(Cc3nc(-c4cccs4)no3)CC2)c2c(C)nn(C)c2n1. The number of aryl methyl sites for hydroxylation is 3. The molecule has 0 unspecified atom stereocenters. The van der Waals surface area contributed by atoms with Crippen molar-refractivity contribution in [2.24, 2.45) is 7.05 Å². The van der Waals surface area contributed by atoms with Crippen molar-refractivity contribution >= 4 is 28.3 Å². The smallest absolute Gasteiger partial charge is 0.254 e. The van der Waals surface area contributed by atoms with Gasteiger partial charge in [-0.25, -0.2) is 4.98 Å². The predicted octanol–water partition coefficient (Wildman–Crippen LogP) is 2.65. The van der Waals surface area contributed by atoms with E-state index < -0.39 is 0 Å². The fourth-order valence-electron chi connectivity index (χ4n) is 4.03. The third-order valence-corrected chi connectivity index (χ3v) is 6.42. The van der Waals surface area contributed by atoms with Crippen molar-refractivity contribution < 1.29 is 9.32 Å². The molecule has 0 saturated carbocycles. The van der Waals surface area contributed by atoms with Crippen LogP contribution in [0.4, 0.5) is 0 Å². The lowest BCUT2D eigenvalue weighted by atomic mass is 10.1. The number of pyridine rings is 1. The van der Waals surface area contributed by atoms with Gasteiger partial charge in [0.05, 0.1) is 28.1 Å². The van der Waals surface area contributed by atoms with Gasteiger partial charge in [-0.05, 0) is 31.4 Å². The lowest BCUT2D eigenvalue weighted by Gasteiger charge is -2.34. The minimum Gasteiger partial charge on any atom is -0.338 e. The maximum absolute atomic E-state index is 13.3. The Balaban J connectivity index is 1.27. The first-order valence-electron chi connectivity index (χ1n) is 10.2. The minimum atomic E-state index is 0.0315. The Morgan fingerprint density at radius 1 is 1.19 bits per heavy atom. The van der Waals surface area contributed by atoms with E-state index in [2.05, 4.69) is 25.1 Å². The van der Waals surface area contributed by atoms with Crippen LogP contribution in [0, 0.1) is 13.8 Å². The molecule has 5 rings (SSSR count). The van der Waals surface area contributed by atoms with Crippen LogP contribution in [0.1, 0.15) is 27.6 Å². The Labute approximate surface area is 183 Å². The lowest BCUT2D eigenvalue weighted by molar-refractivity contribution is 0.0617. The van der Waals surface area contributed by atoms with E-state index in [4.69, 9.17) is 4.52 Å². The van der Waals surface area contributed by atoms with E-state index in [1.165, 1.54) is 0 Å². The molecule has 4 aromatic rings. The van der Waals surface area contributed by atoms with E-state index in [0.717, 1.165) is 40.4 Å². The van der Waals surface area contributed by atoms with Crippen molar-refractivity contribution in [3.63, 3.8) is 0 Å². The highest BCUT2D eigenvalue weighted by Gasteiger charge is 2.26. The van der Waals surface area contributed by atoms with Gasteiger partial charge >= 0.3 is 0 Å². The van der Waals surface area contributed by atoms with Crippen LogP contribution >= 0.6 is 11.3 Å². The standard InChI is InChI=1S/C21H23N7O2S/c1-13-11-15(18-14(2)24-26(3)20(18)22-13)21(29)28-8-6-27(7-9-28)12-17-23-19(25-30-17)16-5-4-10-31-16/h4-5,10-11H,6-9,12H2,1-3H3. The number of nitrogens with zero attached hydrogens (tertiary/aromatic N) is 7. The van der Waals surface area contributed by atoms with Gasteiger partial charge in [0.1, 0.15) is 0 Å². The van der Waals surface area contributed by atoms with E-state index in [9.17, 15) is 4.79 Å². The molecule has 0 aromatic carbocycles. The summed E-state index contributed by atoms with van der Waals surface area (Å²) in [6.45, 7) is 7.21. The summed E-state index contributed by atoms with van der Waals surface area (Å²) in [5, 5.41) is 11.4. The van der Waals surface area contributed by atoms with Crippen LogP contribution in [-0.2, 0) is 13.6 Å². The second-order valence-electron chi connectivity index (χ2n) is 7.78. The van der Waals surface area contributed by atoms with E-state index in [-0.39, 0.29) is 5.91 Å². The van der Waals surface area contributed by atoms with Crippen LogP contribution in [0.25, 0.3) is 21.7 Å². The summed E-state index contributed by atoms with van der Waals surface area (Å²) in [4.78, 5) is 27.5. The number of fused-ring (bicyclic) bond motifs is 1. The number of carbonyl (C=O) groups excluding carboxylic acids is 1. The van der Waals surface area contributed by atoms with Gasteiger partial charge in [-0.15, -0.1) is 11.3 Å². The molecular formula is C21H23N7O2S. The number of rotatable bonds is 4. The average molecular weight is 438 g/mol. The zero-order valence-corrected chi connectivity index (χ0v) is 18.5. The van der Waals surface area contributed by atoms with Crippen LogP contribution in [-0.4, -0.2) is 66.8 Å². The van der Waals surface area contributed by atoms with Crippen molar-refractivity contribution in [1.82, 2.24) is 34.7 Å². The molecule has 0 aliphatic carbocycles. The van der Waals surface area contributed by atoms with E-state index in [0.29, 0.717) is 36.9 Å². The van der Waals surface area contributed by atoms with E-state index in [1.807, 2.05) is 49.4 Å². The number of piperazine rings is 1. The van der Waals surface area contributed by atoms with E-state index >= 15 is 0 Å². The Hall–Kier alpha value is -3.11. The molecule has 0 bridgehead atoms. The van der Waals surface area contributed by atoms with Gasteiger partial charge in [-0.2, -0.15) is 10.1 Å². The quantitative estimate of drug-likeness (QED) is 0.484. The third kappa shape index (κ3) is 3.72. The summed E-state index contributed by atoms with van der Waals surface area (Å²) >= 11 is 1.59. The zero-order valence-electron chi connectivity index (χ0n) is 17.7. The second kappa shape index (κ2) is 7.86. The number of thiophene rings is 1. The van der Waals surface area contributed by atoms with Gasteiger partial charge in [0.25, 0.3) is 5.91 Å². The van der Waals surface area contributed by atoms with Crippen LogP contribution in [0.5, 0.6) is 0 Å². The Kier molecular flexibility index (Phi) is 5.03. The largest absolute Gasteiger partial charge is 0.338 e. The maximum atomic E-state index is 13.3. The van der Waals surface area contributed by atoms with Crippen LogP contribution < -0.4 is 0 Å². The number of carbonyl (C=O) groups is 1. The van der Waals surface area contributed by atoms with Crippen LogP contribution in [0.2, 0.25) is 0 Å². The highest BCUT2D eigenvalue weighted by molar-refractivity contribution is 7.13. The van der Waals surface area contributed by atoms with Gasteiger partial charge in [0.2, 0.25) is 11.7 Å². The Bertz CT molecular complexity index is 1240. The molecule has 1 fully saturated rings. The van der Waals surface area contributed by atoms with Crippen molar-refractivity contribution in [1.29, 1.82) is 0 Å². The number of hydrogen-bond acceptors (Lipinski definition) is 8. The lowest BCUT2D eigenvalue weighted by Crippen LogP contribution is -2.48. The molecule has 0 radical (unpaired) electrons. The summed E-state index contributed by atoms with van der Waals surface area (Å²) in [5.74, 6) is 1.26. The van der Waals surface area contributed by atoms with Gasteiger partial charge in [0, 0.05) is 38.9 Å². The summed E-state index contributed by atoms with van der Waals surface area (Å²) in [6.07, 6.45) is 0. The highest BCUT2D eigenvalue weighted by atomic mass is 32.1. The first kappa shape index (κ1) is 19.8. The highest BCUT2D eigenvalue weighted by Crippen LogP contribution is 2.24. The molecule has 10 heteroatoms. The summed E-state index contributed by atoms with van der Waals surface area (Å²) < 4.78 is 7.16. The molecule has 160 valence electrons. The topological polar surface area (TPSA) is 93.2 Å². The van der Waals surface area contributed by atoms with Crippen molar-refractivity contribution in [2.75, 3.05) is 26.2 Å². The molecule has 4 aromatic heterocycles. The average Bonchev–Trinajstić information content (AvgIpc) is 3.49. The molecule has 0 atom stereocenters. The monoisotopic (exact) mass is 437 g/mol. The molecule has 0 N–H and O–H groups in total. The third-order valence-electron chi connectivity index (χ3n) is 5.56. The normalized spacial score (nSPS) is 15.1. The second-order valence-corrected chi connectivity index (χ2v) is 8.72.